The molecule has 0 aromatic heterocycles. The largest absolute Gasteiger partial charge is 0.388 e. The van der Waals surface area contributed by atoms with Gasteiger partial charge in [0.05, 0.1) is 0 Å². The van der Waals surface area contributed by atoms with E-state index in [1.54, 1.807) is 6.08 Å². The number of carbonyl (C=O) groups excluding carboxylic acids is 1. The SMILES string of the molecule is CCCNC1=CC(=O)CCC1. The van der Waals surface area contributed by atoms with Crippen LogP contribution in [0, 0.1) is 0 Å². The van der Waals surface area contributed by atoms with Crippen LogP contribution in [0.4, 0.5) is 0 Å². The quantitative estimate of drug-likeness (QED) is 0.667. The first kappa shape index (κ1) is 8.31. The molecular weight excluding hydrogens is 138 g/mol. The highest BCUT2D eigenvalue weighted by molar-refractivity contribution is 5.90. The van der Waals surface area contributed by atoms with Gasteiger partial charge in [0.15, 0.2) is 5.78 Å². The molecule has 0 radical (unpaired) electrons. The lowest BCUT2D eigenvalue weighted by Gasteiger charge is -2.13. The molecule has 0 heterocycles. The minimum atomic E-state index is 0.273. The minimum Gasteiger partial charge on any atom is -0.388 e. The average Bonchev–Trinajstić information content (AvgIpc) is 2.01. The highest BCUT2D eigenvalue weighted by atomic mass is 16.1. The summed E-state index contributed by atoms with van der Waals surface area (Å²) in [7, 11) is 0. The maximum Gasteiger partial charge on any atom is 0.157 e. The van der Waals surface area contributed by atoms with E-state index in [1.165, 1.54) is 0 Å². The standard InChI is InChI=1S/C9H15NO/c1-2-6-10-8-4-3-5-9(11)7-8/h7,10H,2-6H2,1H3. The maximum absolute atomic E-state index is 10.9. The molecule has 1 N–H and O–H groups in total. The van der Waals surface area contributed by atoms with E-state index >= 15 is 0 Å². The summed E-state index contributed by atoms with van der Waals surface area (Å²) in [5.41, 5.74) is 1.13. The first-order chi connectivity index (χ1) is 5.33. The normalized spacial score (nSPS) is 17.9. The molecule has 0 aromatic carbocycles. The first-order valence-corrected chi connectivity index (χ1v) is 4.30. The molecule has 0 saturated heterocycles. The van der Waals surface area contributed by atoms with Crippen molar-refractivity contribution >= 4 is 5.78 Å². The number of hydrogen-bond donors (Lipinski definition) is 1. The van der Waals surface area contributed by atoms with Crippen LogP contribution in [0.5, 0.6) is 0 Å². The molecular formula is C9H15NO. The van der Waals surface area contributed by atoms with Crippen molar-refractivity contribution in [2.24, 2.45) is 0 Å². The second kappa shape index (κ2) is 4.16. The summed E-state index contributed by atoms with van der Waals surface area (Å²) in [5, 5.41) is 3.24. The van der Waals surface area contributed by atoms with Gasteiger partial charge < -0.3 is 5.32 Å². The highest BCUT2D eigenvalue weighted by Gasteiger charge is 2.08. The molecule has 0 spiro atoms. The van der Waals surface area contributed by atoms with E-state index in [0.717, 1.165) is 37.9 Å². The molecule has 11 heavy (non-hydrogen) atoms. The highest BCUT2D eigenvalue weighted by Crippen LogP contribution is 2.11. The van der Waals surface area contributed by atoms with Crippen LogP contribution in [0.25, 0.3) is 0 Å². The van der Waals surface area contributed by atoms with Crippen molar-refractivity contribution in [3.63, 3.8) is 0 Å². The Hall–Kier alpha value is -0.790. The molecule has 0 aliphatic heterocycles. The summed E-state index contributed by atoms with van der Waals surface area (Å²) in [4.78, 5) is 10.9. The molecule has 1 aliphatic rings. The van der Waals surface area contributed by atoms with Crippen molar-refractivity contribution in [1.82, 2.24) is 5.32 Å². The van der Waals surface area contributed by atoms with Gasteiger partial charge in [-0.15, -0.1) is 0 Å². The van der Waals surface area contributed by atoms with Gasteiger partial charge in [-0.2, -0.15) is 0 Å². The van der Waals surface area contributed by atoms with E-state index in [9.17, 15) is 4.79 Å². The lowest BCUT2D eigenvalue weighted by Crippen LogP contribution is -2.18. The number of allylic oxidation sites excluding steroid dienone is 2. The molecule has 0 unspecified atom stereocenters. The molecule has 62 valence electrons. The third kappa shape index (κ3) is 2.74. The Morgan fingerprint density at radius 1 is 1.55 bits per heavy atom. The van der Waals surface area contributed by atoms with Crippen LogP contribution in [0.2, 0.25) is 0 Å². The summed E-state index contributed by atoms with van der Waals surface area (Å²) in [6.45, 7) is 3.11. The fourth-order valence-corrected chi connectivity index (χ4v) is 1.22. The molecule has 0 saturated carbocycles. The number of hydrogen-bond acceptors (Lipinski definition) is 2. The van der Waals surface area contributed by atoms with Crippen molar-refractivity contribution in [3.05, 3.63) is 11.8 Å². The number of rotatable bonds is 3. The van der Waals surface area contributed by atoms with Crippen molar-refractivity contribution in [2.45, 2.75) is 32.6 Å². The second-order valence-corrected chi connectivity index (χ2v) is 2.92. The zero-order chi connectivity index (χ0) is 8.10. The molecule has 2 nitrogen and oxygen atoms in total. The fourth-order valence-electron chi connectivity index (χ4n) is 1.22. The van der Waals surface area contributed by atoms with Crippen LogP contribution in [0.1, 0.15) is 32.6 Å². The van der Waals surface area contributed by atoms with Gasteiger partial charge in [-0.05, 0) is 19.3 Å². The van der Waals surface area contributed by atoms with Gasteiger partial charge in [-0.3, -0.25) is 4.79 Å². The molecule has 0 aromatic rings. The Kier molecular flexibility index (Phi) is 3.14. The van der Waals surface area contributed by atoms with Crippen molar-refractivity contribution in [2.75, 3.05) is 6.54 Å². The Labute approximate surface area is 67.7 Å². The summed E-state index contributed by atoms with van der Waals surface area (Å²) in [5.74, 6) is 0.273. The number of carbonyl (C=O) groups is 1. The van der Waals surface area contributed by atoms with E-state index < -0.39 is 0 Å². The van der Waals surface area contributed by atoms with Crippen LogP contribution >= 0.6 is 0 Å². The van der Waals surface area contributed by atoms with E-state index in [-0.39, 0.29) is 5.78 Å². The zero-order valence-electron chi connectivity index (χ0n) is 7.02. The third-order valence-electron chi connectivity index (χ3n) is 1.81. The van der Waals surface area contributed by atoms with E-state index in [0.29, 0.717) is 0 Å². The van der Waals surface area contributed by atoms with Gasteiger partial charge in [0.2, 0.25) is 0 Å². The van der Waals surface area contributed by atoms with Crippen LogP contribution < -0.4 is 5.32 Å². The Balaban J connectivity index is 2.37. The molecule has 0 atom stereocenters. The Morgan fingerprint density at radius 2 is 2.36 bits per heavy atom. The third-order valence-corrected chi connectivity index (χ3v) is 1.81. The summed E-state index contributed by atoms with van der Waals surface area (Å²) in [6, 6.07) is 0. The van der Waals surface area contributed by atoms with Crippen molar-refractivity contribution < 1.29 is 4.79 Å². The average molecular weight is 153 g/mol. The summed E-state index contributed by atoms with van der Waals surface area (Å²) in [6.07, 6.45) is 5.66. The van der Waals surface area contributed by atoms with Gasteiger partial charge in [0.25, 0.3) is 0 Å². The molecule has 1 aliphatic carbocycles. The Bertz CT molecular complexity index is 172. The molecule has 0 fully saturated rings. The van der Waals surface area contributed by atoms with Crippen LogP contribution in [-0.2, 0) is 4.79 Å². The maximum atomic E-state index is 10.9. The van der Waals surface area contributed by atoms with Crippen molar-refractivity contribution in [1.29, 1.82) is 0 Å². The zero-order valence-corrected chi connectivity index (χ0v) is 7.02. The molecule has 2 heteroatoms. The van der Waals surface area contributed by atoms with Gasteiger partial charge >= 0.3 is 0 Å². The van der Waals surface area contributed by atoms with Crippen molar-refractivity contribution in [3.8, 4) is 0 Å². The van der Waals surface area contributed by atoms with E-state index in [1.807, 2.05) is 0 Å². The van der Waals surface area contributed by atoms with Gasteiger partial charge in [-0.1, -0.05) is 6.92 Å². The monoisotopic (exact) mass is 153 g/mol. The van der Waals surface area contributed by atoms with Gasteiger partial charge in [0.1, 0.15) is 0 Å². The number of ketones is 1. The number of nitrogens with one attached hydrogen (secondary N) is 1. The van der Waals surface area contributed by atoms with Gasteiger partial charge in [0, 0.05) is 24.7 Å². The Morgan fingerprint density at radius 3 is 3.00 bits per heavy atom. The lowest BCUT2D eigenvalue weighted by molar-refractivity contribution is -0.115. The fraction of sp³-hybridized carbons (Fsp3) is 0.667. The van der Waals surface area contributed by atoms with E-state index in [2.05, 4.69) is 12.2 Å². The minimum absolute atomic E-state index is 0.273. The predicted molar refractivity (Wildman–Crippen MR) is 45.2 cm³/mol. The summed E-state index contributed by atoms with van der Waals surface area (Å²) < 4.78 is 0. The summed E-state index contributed by atoms with van der Waals surface area (Å²) >= 11 is 0. The lowest BCUT2D eigenvalue weighted by atomic mass is 10.0. The first-order valence-electron chi connectivity index (χ1n) is 4.30. The van der Waals surface area contributed by atoms with Crippen LogP contribution in [0.3, 0.4) is 0 Å². The topological polar surface area (TPSA) is 29.1 Å². The second-order valence-electron chi connectivity index (χ2n) is 2.92. The molecule has 0 bridgehead atoms. The van der Waals surface area contributed by atoms with E-state index in [4.69, 9.17) is 0 Å². The van der Waals surface area contributed by atoms with Crippen LogP contribution in [-0.4, -0.2) is 12.3 Å². The smallest absolute Gasteiger partial charge is 0.157 e. The predicted octanol–water partition coefficient (Wildman–Crippen LogP) is 1.62. The molecule has 0 amide bonds. The van der Waals surface area contributed by atoms with Gasteiger partial charge in [-0.25, -0.2) is 0 Å². The molecule has 1 rings (SSSR count). The van der Waals surface area contributed by atoms with Crippen LogP contribution in [0.15, 0.2) is 11.8 Å².